The van der Waals surface area contributed by atoms with Gasteiger partial charge in [-0.3, -0.25) is 10.1 Å². The molecule has 0 fully saturated rings. The Labute approximate surface area is 139 Å². The molecular formula is C17H8N2O2S2. The zero-order valence-corrected chi connectivity index (χ0v) is 13.3. The van der Waals surface area contributed by atoms with E-state index in [4.69, 9.17) is 0 Å². The lowest BCUT2D eigenvalue weighted by molar-refractivity contribution is -0.384. The second-order valence-electron chi connectivity index (χ2n) is 4.97. The topological polar surface area (TPSA) is 66.9 Å². The molecule has 0 unspecified atom stereocenters. The third kappa shape index (κ3) is 1.95. The summed E-state index contributed by atoms with van der Waals surface area (Å²) in [4.78, 5) is 12.9. The van der Waals surface area contributed by atoms with Crippen molar-refractivity contribution < 1.29 is 4.92 Å². The van der Waals surface area contributed by atoms with Crippen LogP contribution in [0.4, 0.5) is 5.69 Å². The summed E-state index contributed by atoms with van der Waals surface area (Å²) in [6, 6.07) is 13.5. The maximum atomic E-state index is 11.4. The number of nitriles is 1. The summed E-state index contributed by atoms with van der Waals surface area (Å²) in [5, 5.41) is 24.6. The van der Waals surface area contributed by atoms with Crippen LogP contribution in [0.5, 0.6) is 0 Å². The number of thiophene rings is 2. The lowest BCUT2D eigenvalue weighted by Gasteiger charge is -2.05. The minimum Gasteiger partial charge on any atom is -0.258 e. The Morgan fingerprint density at radius 1 is 1.13 bits per heavy atom. The number of rotatable bonds is 2. The van der Waals surface area contributed by atoms with Gasteiger partial charge in [0.05, 0.1) is 31.2 Å². The van der Waals surface area contributed by atoms with Gasteiger partial charge in [-0.15, -0.1) is 22.7 Å². The largest absolute Gasteiger partial charge is 0.288 e. The molecule has 0 spiro atoms. The summed E-state index contributed by atoms with van der Waals surface area (Å²) < 4.78 is 0. The third-order valence-electron chi connectivity index (χ3n) is 3.78. The van der Waals surface area contributed by atoms with Crippen molar-refractivity contribution in [2.75, 3.05) is 0 Å². The predicted molar refractivity (Wildman–Crippen MR) is 92.3 cm³/mol. The van der Waals surface area contributed by atoms with Crippen LogP contribution in [0.25, 0.3) is 20.9 Å². The third-order valence-corrected chi connectivity index (χ3v) is 5.83. The first-order valence-electron chi connectivity index (χ1n) is 6.76. The molecule has 1 aliphatic rings. The molecule has 1 aromatic carbocycles. The van der Waals surface area contributed by atoms with Crippen molar-refractivity contribution in [2.45, 2.75) is 0 Å². The monoisotopic (exact) mass is 336 g/mol. The van der Waals surface area contributed by atoms with E-state index < -0.39 is 0 Å². The van der Waals surface area contributed by atoms with E-state index in [9.17, 15) is 15.4 Å². The Morgan fingerprint density at radius 3 is 2.61 bits per heavy atom. The number of hydrogen-bond acceptors (Lipinski definition) is 5. The first-order valence-corrected chi connectivity index (χ1v) is 8.52. The van der Waals surface area contributed by atoms with Crippen LogP contribution in [-0.4, -0.2) is 4.92 Å². The summed E-state index contributed by atoms with van der Waals surface area (Å²) in [6.45, 7) is 0. The molecule has 0 saturated carbocycles. The van der Waals surface area contributed by atoms with Gasteiger partial charge >= 0.3 is 0 Å². The van der Waals surface area contributed by atoms with Gasteiger partial charge in [0, 0.05) is 11.1 Å². The highest BCUT2D eigenvalue weighted by atomic mass is 32.1. The molecule has 110 valence electrons. The van der Waals surface area contributed by atoms with Gasteiger partial charge < -0.3 is 0 Å². The van der Waals surface area contributed by atoms with Gasteiger partial charge in [-0.1, -0.05) is 30.3 Å². The summed E-state index contributed by atoms with van der Waals surface area (Å²) in [6.07, 6.45) is 0. The van der Waals surface area contributed by atoms with E-state index in [0.29, 0.717) is 16.7 Å². The van der Waals surface area contributed by atoms with Crippen molar-refractivity contribution in [1.29, 1.82) is 5.26 Å². The average Bonchev–Trinajstić information content (AvgIpc) is 3.23. The molecule has 0 saturated heterocycles. The van der Waals surface area contributed by atoms with Gasteiger partial charge in [-0.05, 0) is 17.0 Å². The van der Waals surface area contributed by atoms with Gasteiger partial charge in [0.2, 0.25) is 0 Å². The van der Waals surface area contributed by atoms with E-state index in [0.717, 1.165) is 20.9 Å². The fraction of sp³-hybridized carbons (Fsp3) is 0. The Morgan fingerprint density at radius 2 is 1.91 bits per heavy atom. The van der Waals surface area contributed by atoms with Gasteiger partial charge in [-0.25, -0.2) is 0 Å². The summed E-state index contributed by atoms with van der Waals surface area (Å²) in [7, 11) is 0. The second-order valence-corrected chi connectivity index (χ2v) is 6.77. The number of nitro groups is 1. The standard InChI is InChI=1S/C17H8N2O2S2/c18-8-12(10-4-2-1-3-5-10)14-11-6-7-22-16(11)17-15(14)13(9-23-17)19(20)21/h1-7,9H. The molecule has 6 heteroatoms. The highest BCUT2D eigenvalue weighted by molar-refractivity contribution is 7.21. The maximum Gasteiger partial charge on any atom is 0.288 e. The van der Waals surface area contributed by atoms with Crippen molar-refractivity contribution in [1.82, 2.24) is 0 Å². The molecule has 4 rings (SSSR count). The minimum atomic E-state index is -0.369. The zero-order chi connectivity index (χ0) is 16.0. The molecule has 0 radical (unpaired) electrons. The highest BCUT2D eigenvalue weighted by Gasteiger charge is 2.36. The highest BCUT2D eigenvalue weighted by Crippen LogP contribution is 2.55. The van der Waals surface area contributed by atoms with E-state index in [-0.39, 0.29) is 10.6 Å². The number of allylic oxidation sites excluding steroid dienone is 1. The quantitative estimate of drug-likeness (QED) is 0.288. The Hall–Kier alpha value is -2.75. The lowest BCUT2D eigenvalue weighted by Crippen LogP contribution is -1.93. The molecule has 1 aliphatic carbocycles. The number of hydrogen-bond donors (Lipinski definition) is 0. The van der Waals surface area contributed by atoms with E-state index >= 15 is 0 Å². The maximum absolute atomic E-state index is 11.4. The van der Waals surface area contributed by atoms with Crippen LogP contribution in [-0.2, 0) is 0 Å². The van der Waals surface area contributed by atoms with Crippen molar-refractivity contribution in [3.05, 3.63) is 74.0 Å². The van der Waals surface area contributed by atoms with Gasteiger partial charge in [-0.2, -0.15) is 5.26 Å². The van der Waals surface area contributed by atoms with Gasteiger partial charge in [0.15, 0.2) is 0 Å². The van der Waals surface area contributed by atoms with Crippen LogP contribution >= 0.6 is 22.7 Å². The Bertz CT molecular complexity index is 1010. The number of fused-ring (bicyclic) bond motifs is 3. The zero-order valence-electron chi connectivity index (χ0n) is 11.6. The molecule has 2 aromatic heterocycles. The predicted octanol–water partition coefficient (Wildman–Crippen LogP) is 5.18. The molecule has 0 atom stereocenters. The number of benzene rings is 1. The fourth-order valence-corrected chi connectivity index (χ4v) is 4.95. The summed E-state index contributed by atoms with van der Waals surface area (Å²) in [5.74, 6) is 0. The van der Waals surface area contributed by atoms with Crippen LogP contribution in [0.1, 0.15) is 16.7 Å². The van der Waals surface area contributed by atoms with Crippen LogP contribution < -0.4 is 0 Å². The van der Waals surface area contributed by atoms with Crippen molar-refractivity contribution in [3.63, 3.8) is 0 Å². The second kappa shape index (κ2) is 5.16. The van der Waals surface area contributed by atoms with Gasteiger partial charge in [0.25, 0.3) is 5.69 Å². The van der Waals surface area contributed by atoms with Crippen molar-refractivity contribution in [3.8, 4) is 15.8 Å². The Kier molecular flexibility index (Phi) is 3.11. The molecule has 0 amide bonds. The molecule has 23 heavy (non-hydrogen) atoms. The van der Waals surface area contributed by atoms with Crippen LogP contribution in [0.15, 0.2) is 47.2 Å². The van der Waals surface area contributed by atoms with Crippen LogP contribution in [0.2, 0.25) is 0 Å². The lowest BCUT2D eigenvalue weighted by atomic mass is 9.95. The first kappa shape index (κ1) is 13.9. The molecule has 0 N–H and O–H groups in total. The number of nitrogens with zero attached hydrogens (tertiary/aromatic N) is 2. The van der Waals surface area contributed by atoms with Crippen LogP contribution in [0.3, 0.4) is 0 Å². The van der Waals surface area contributed by atoms with Crippen molar-refractivity contribution in [2.24, 2.45) is 0 Å². The van der Waals surface area contributed by atoms with E-state index in [1.54, 1.807) is 16.7 Å². The normalized spacial score (nSPS) is 14.0. The average molecular weight is 336 g/mol. The SMILES string of the molecule is N#CC(=C1c2ccsc2-c2scc([N+](=O)[O-])c21)c1ccccc1. The minimum absolute atomic E-state index is 0.0760. The van der Waals surface area contributed by atoms with Crippen molar-refractivity contribution >= 4 is 39.5 Å². The molecule has 0 bridgehead atoms. The molecule has 3 aromatic rings. The van der Waals surface area contributed by atoms with E-state index in [2.05, 4.69) is 6.07 Å². The molecule has 4 nitrogen and oxygen atoms in total. The molecule has 0 aliphatic heterocycles. The molecule has 2 heterocycles. The first-order chi connectivity index (χ1) is 11.2. The molecular weight excluding hydrogens is 328 g/mol. The van der Waals surface area contributed by atoms with Crippen LogP contribution in [0, 0.1) is 21.4 Å². The fourth-order valence-electron chi connectivity index (χ4n) is 2.84. The summed E-state index contributed by atoms with van der Waals surface area (Å²) in [5.41, 5.74) is 3.51. The summed E-state index contributed by atoms with van der Waals surface area (Å²) >= 11 is 2.92. The Balaban J connectivity index is 2.11. The van der Waals surface area contributed by atoms with E-state index in [1.807, 2.05) is 41.8 Å². The smallest absolute Gasteiger partial charge is 0.258 e. The van der Waals surface area contributed by atoms with Gasteiger partial charge in [0.1, 0.15) is 6.07 Å². The van der Waals surface area contributed by atoms with E-state index in [1.165, 1.54) is 11.3 Å².